The summed E-state index contributed by atoms with van der Waals surface area (Å²) >= 11 is 0. The molecule has 1 N–H and O–H groups in total. The molecule has 1 saturated carbocycles. The number of nitrogens with one attached hydrogen (secondary N) is 1. The Balaban J connectivity index is 1.59. The van der Waals surface area contributed by atoms with Gasteiger partial charge in [0.2, 0.25) is 11.8 Å². The summed E-state index contributed by atoms with van der Waals surface area (Å²) in [6.45, 7) is 2.04. The molecule has 5 nitrogen and oxygen atoms in total. The first kappa shape index (κ1) is 15.1. The molecule has 0 radical (unpaired) electrons. The van der Waals surface area contributed by atoms with Crippen LogP contribution in [0.1, 0.15) is 26.2 Å². The van der Waals surface area contributed by atoms with Gasteiger partial charge >= 0.3 is 0 Å². The number of aromatic nitrogens is 1. The Morgan fingerprint density at radius 3 is 2.79 bits per heavy atom. The van der Waals surface area contributed by atoms with E-state index in [4.69, 9.17) is 0 Å². The van der Waals surface area contributed by atoms with Crippen LogP contribution >= 0.6 is 0 Å². The minimum Gasteiger partial charge on any atom is -0.310 e. The third-order valence-electron chi connectivity index (χ3n) is 4.77. The first-order valence-corrected chi connectivity index (χ1v) is 8.20. The second-order valence-electron chi connectivity index (χ2n) is 6.60. The number of hydrogen-bond donors (Lipinski definition) is 1. The van der Waals surface area contributed by atoms with E-state index >= 15 is 0 Å². The van der Waals surface area contributed by atoms with Gasteiger partial charge in [0.1, 0.15) is 12.0 Å². The molecule has 3 atom stereocenters. The lowest BCUT2D eigenvalue weighted by Crippen LogP contribution is -2.30. The number of halogens is 1. The van der Waals surface area contributed by atoms with Crippen molar-refractivity contribution < 1.29 is 14.0 Å². The summed E-state index contributed by atoms with van der Waals surface area (Å²) < 4.78 is 12.9. The zero-order valence-electron chi connectivity index (χ0n) is 13.3. The summed E-state index contributed by atoms with van der Waals surface area (Å²) in [5.74, 6) is -0.288. The molecule has 1 aromatic heterocycles. The van der Waals surface area contributed by atoms with Crippen molar-refractivity contribution in [2.45, 2.75) is 38.4 Å². The van der Waals surface area contributed by atoms with Gasteiger partial charge in [-0.15, -0.1) is 0 Å². The molecule has 1 aliphatic carbocycles. The highest BCUT2D eigenvalue weighted by Gasteiger charge is 2.43. The predicted octanol–water partition coefficient (Wildman–Crippen LogP) is 3.05. The van der Waals surface area contributed by atoms with E-state index in [-0.39, 0.29) is 17.9 Å². The van der Waals surface area contributed by atoms with Gasteiger partial charge in [-0.1, -0.05) is 6.07 Å². The Morgan fingerprint density at radius 2 is 2.12 bits per heavy atom. The van der Waals surface area contributed by atoms with Crippen molar-refractivity contribution in [2.24, 2.45) is 5.92 Å². The monoisotopic (exact) mass is 327 g/mol. The molecule has 0 bridgehead atoms. The highest BCUT2D eigenvalue weighted by Crippen LogP contribution is 2.35. The van der Waals surface area contributed by atoms with Crippen LogP contribution in [0.5, 0.6) is 0 Å². The molecule has 2 aromatic rings. The summed E-state index contributed by atoms with van der Waals surface area (Å²) in [5.41, 5.74) is 0.870. The summed E-state index contributed by atoms with van der Waals surface area (Å²) in [4.78, 5) is 29.9. The normalized spacial score (nSPS) is 26.0. The number of pyridine rings is 1. The molecule has 0 spiro atoms. The zero-order chi connectivity index (χ0) is 16.8. The lowest BCUT2D eigenvalue weighted by Gasteiger charge is -2.22. The molecule has 2 fully saturated rings. The molecule has 124 valence electrons. The molecule has 1 aromatic carbocycles. The topological polar surface area (TPSA) is 62.3 Å². The Hall–Kier alpha value is -2.50. The number of carbonyl (C=O) groups excluding carboxylic acids is 2. The van der Waals surface area contributed by atoms with E-state index in [2.05, 4.69) is 10.3 Å². The summed E-state index contributed by atoms with van der Waals surface area (Å²) in [7, 11) is 0. The number of rotatable bonds is 3. The fraction of sp³-hybridized carbons (Fsp3) is 0.389. The van der Waals surface area contributed by atoms with Crippen LogP contribution in [0.15, 0.2) is 30.5 Å². The van der Waals surface area contributed by atoms with Crippen molar-refractivity contribution in [3.8, 4) is 0 Å². The lowest BCUT2D eigenvalue weighted by molar-refractivity contribution is -0.118. The van der Waals surface area contributed by atoms with Crippen LogP contribution in [0, 0.1) is 5.92 Å². The minimum absolute atomic E-state index is 0.143. The lowest BCUT2D eigenvalue weighted by atomic mass is 10.1. The van der Waals surface area contributed by atoms with E-state index in [9.17, 15) is 14.0 Å². The van der Waals surface area contributed by atoms with Crippen LogP contribution in [0.3, 0.4) is 0 Å². The van der Waals surface area contributed by atoms with Gasteiger partial charge in [0.25, 0.3) is 0 Å². The van der Waals surface area contributed by atoms with Gasteiger partial charge in [-0.05, 0) is 43.4 Å². The Kier molecular flexibility index (Phi) is 3.48. The van der Waals surface area contributed by atoms with E-state index < -0.39 is 12.1 Å². The maximum Gasteiger partial charge on any atom is 0.231 e. The molecule has 2 amide bonds. The standard InChI is InChI=1S/C18H18FN3O2/c1-10-2-5-17(23)22(10)13-4-3-11-7-16(20-9-12(11)6-13)21-18(24)14-8-15(14)19/h3-4,6-7,9-10,14-15H,2,5,8H2,1H3,(H,20,21,24)/t10?,14-,15+/m1/s1. The van der Waals surface area contributed by atoms with Crippen molar-refractivity contribution in [1.29, 1.82) is 0 Å². The zero-order valence-corrected chi connectivity index (χ0v) is 13.3. The van der Waals surface area contributed by atoms with Gasteiger partial charge in [-0.3, -0.25) is 9.59 Å². The van der Waals surface area contributed by atoms with Crippen LogP contribution in [-0.2, 0) is 9.59 Å². The number of alkyl halides is 1. The quantitative estimate of drug-likeness (QED) is 0.942. The minimum atomic E-state index is -1.02. The molecule has 4 rings (SSSR count). The average Bonchev–Trinajstić information content (AvgIpc) is 3.21. The summed E-state index contributed by atoms with van der Waals surface area (Å²) in [6.07, 6.45) is 2.40. The number of amides is 2. The van der Waals surface area contributed by atoms with Gasteiger partial charge in [0, 0.05) is 29.7 Å². The molecular weight excluding hydrogens is 309 g/mol. The van der Waals surface area contributed by atoms with Gasteiger partial charge < -0.3 is 10.2 Å². The highest BCUT2D eigenvalue weighted by atomic mass is 19.1. The van der Waals surface area contributed by atoms with E-state index in [1.807, 2.05) is 30.0 Å². The molecule has 1 saturated heterocycles. The SMILES string of the molecule is CC1CCC(=O)N1c1ccc2cc(NC(=O)[C@@H]3C[C@@H]3F)ncc2c1. The molecule has 6 heteroatoms. The van der Waals surface area contributed by atoms with E-state index in [0.717, 1.165) is 22.9 Å². The maximum absolute atomic E-state index is 12.9. The fourth-order valence-corrected chi connectivity index (χ4v) is 3.23. The van der Waals surface area contributed by atoms with Crippen molar-refractivity contribution >= 4 is 34.1 Å². The van der Waals surface area contributed by atoms with E-state index in [0.29, 0.717) is 18.7 Å². The van der Waals surface area contributed by atoms with E-state index in [1.54, 1.807) is 12.3 Å². The first-order chi connectivity index (χ1) is 11.5. The number of hydrogen-bond acceptors (Lipinski definition) is 3. The first-order valence-electron chi connectivity index (χ1n) is 8.20. The highest BCUT2D eigenvalue weighted by molar-refractivity contribution is 5.99. The number of fused-ring (bicyclic) bond motifs is 1. The van der Waals surface area contributed by atoms with Crippen LogP contribution in [-0.4, -0.2) is 29.0 Å². The molecule has 2 aliphatic rings. The number of nitrogens with zero attached hydrogens (tertiary/aromatic N) is 2. The van der Waals surface area contributed by atoms with Gasteiger partial charge in [-0.25, -0.2) is 9.37 Å². The summed E-state index contributed by atoms with van der Waals surface area (Å²) in [6, 6.07) is 7.73. The smallest absolute Gasteiger partial charge is 0.231 e. The predicted molar refractivity (Wildman–Crippen MR) is 89.6 cm³/mol. The van der Waals surface area contributed by atoms with Crippen LogP contribution in [0.25, 0.3) is 10.8 Å². The van der Waals surface area contributed by atoms with Crippen LogP contribution in [0.2, 0.25) is 0 Å². The van der Waals surface area contributed by atoms with Crippen LogP contribution in [0.4, 0.5) is 15.9 Å². The Labute approximate surface area is 138 Å². The fourth-order valence-electron chi connectivity index (χ4n) is 3.23. The van der Waals surface area contributed by atoms with E-state index in [1.165, 1.54) is 0 Å². The summed E-state index contributed by atoms with van der Waals surface area (Å²) in [5, 5.41) is 4.46. The van der Waals surface area contributed by atoms with Crippen molar-refractivity contribution in [3.63, 3.8) is 0 Å². The average molecular weight is 327 g/mol. The number of anilines is 2. The largest absolute Gasteiger partial charge is 0.310 e. The molecule has 2 heterocycles. The van der Waals surface area contributed by atoms with Gasteiger partial charge in [0.15, 0.2) is 0 Å². The Bertz CT molecular complexity index is 838. The third-order valence-corrected chi connectivity index (χ3v) is 4.77. The van der Waals surface area contributed by atoms with Crippen molar-refractivity contribution in [2.75, 3.05) is 10.2 Å². The number of benzene rings is 1. The molecular formula is C18H18FN3O2. The third kappa shape index (κ3) is 2.62. The van der Waals surface area contributed by atoms with Gasteiger partial charge in [0.05, 0.1) is 5.92 Å². The number of carbonyl (C=O) groups is 2. The molecule has 1 unspecified atom stereocenters. The Morgan fingerprint density at radius 1 is 1.33 bits per heavy atom. The molecule has 1 aliphatic heterocycles. The second kappa shape index (κ2) is 5.54. The van der Waals surface area contributed by atoms with Gasteiger partial charge in [-0.2, -0.15) is 0 Å². The maximum atomic E-state index is 12.9. The van der Waals surface area contributed by atoms with Crippen molar-refractivity contribution in [1.82, 2.24) is 4.98 Å². The second-order valence-corrected chi connectivity index (χ2v) is 6.60. The van der Waals surface area contributed by atoms with Crippen molar-refractivity contribution in [3.05, 3.63) is 30.5 Å². The van der Waals surface area contributed by atoms with Crippen LogP contribution < -0.4 is 10.2 Å². The molecule has 24 heavy (non-hydrogen) atoms.